The van der Waals surface area contributed by atoms with Gasteiger partial charge >= 0.3 is 6.18 Å². The van der Waals surface area contributed by atoms with E-state index in [2.05, 4.69) is 0 Å². The fraction of sp³-hybridized carbons (Fsp3) is 0.533. The van der Waals surface area contributed by atoms with Crippen LogP contribution in [0.15, 0.2) is 24.3 Å². The molecule has 0 N–H and O–H groups in total. The molecule has 1 fully saturated rings. The van der Waals surface area contributed by atoms with Crippen molar-refractivity contribution in [2.75, 3.05) is 26.7 Å². The molecule has 0 bridgehead atoms. The van der Waals surface area contributed by atoms with Gasteiger partial charge in [0.15, 0.2) is 0 Å². The predicted molar refractivity (Wildman–Crippen MR) is 73.6 cm³/mol. The van der Waals surface area contributed by atoms with Gasteiger partial charge in [0.1, 0.15) is 0 Å². The Kier molecular flexibility index (Phi) is 4.88. The summed E-state index contributed by atoms with van der Waals surface area (Å²) in [6, 6.07) is 5.23. The van der Waals surface area contributed by atoms with Crippen molar-refractivity contribution in [1.29, 1.82) is 0 Å². The first kappa shape index (κ1) is 15.8. The molecule has 1 heterocycles. The molecule has 116 valence electrons. The summed E-state index contributed by atoms with van der Waals surface area (Å²) in [5, 5.41) is 0. The molecule has 2 rings (SSSR count). The van der Waals surface area contributed by atoms with Crippen LogP contribution in [0.5, 0.6) is 0 Å². The van der Waals surface area contributed by atoms with E-state index in [0.29, 0.717) is 12.1 Å². The second-order valence-electron chi connectivity index (χ2n) is 5.46. The van der Waals surface area contributed by atoms with Crippen LogP contribution in [0.3, 0.4) is 0 Å². The SMILES string of the molecule is CN(CC(=O)N1CCCC1)Cc1cccc(C(F)(F)F)c1. The van der Waals surface area contributed by atoms with Crippen molar-refractivity contribution >= 4 is 5.91 Å². The Morgan fingerprint density at radius 2 is 1.95 bits per heavy atom. The molecule has 1 aromatic rings. The number of rotatable bonds is 4. The lowest BCUT2D eigenvalue weighted by atomic mass is 10.1. The molecule has 1 aliphatic heterocycles. The smallest absolute Gasteiger partial charge is 0.342 e. The number of amides is 1. The fourth-order valence-corrected chi connectivity index (χ4v) is 2.51. The Hall–Kier alpha value is -1.56. The van der Waals surface area contributed by atoms with Crippen LogP contribution in [-0.4, -0.2) is 42.4 Å². The molecule has 1 saturated heterocycles. The van der Waals surface area contributed by atoms with E-state index in [-0.39, 0.29) is 12.5 Å². The molecule has 0 aliphatic carbocycles. The average Bonchev–Trinajstić information content (AvgIpc) is 2.91. The molecule has 0 saturated carbocycles. The first-order chi connectivity index (χ1) is 9.86. The van der Waals surface area contributed by atoms with Crippen LogP contribution in [-0.2, 0) is 17.5 Å². The van der Waals surface area contributed by atoms with E-state index in [1.54, 1.807) is 18.0 Å². The van der Waals surface area contributed by atoms with E-state index in [4.69, 9.17) is 0 Å². The minimum atomic E-state index is -4.33. The number of halogens is 3. The molecule has 1 aliphatic rings. The van der Waals surface area contributed by atoms with Gasteiger partial charge in [-0.2, -0.15) is 13.2 Å². The third-order valence-electron chi connectivity index (χ3n) is 3.57. The average molecular weight is 300 g/mol. The standard InChI is InChI=1S/C15H19F3N2O/c1-19(11-14(21)20-7-2-3-8-20)10-12-5-4-6-13(9-12)15(16,17)18/h4-6,9H,2-3,7-8,10-11H2,1H3. The summed E-state index contributed by atoms with van der Waals surface area (Å²) in [6.45, 7) is 2.13. The van der Waals surface area contributed by atoms with Crippen molar-refractivity contribution in [2.45, 2.75) is 25.6 Å². The zero-order chi connectivity index (χ0) is 15.5. The molecular formula is C15H19F3N2O. The first-order valence-corrected chi connectivity index (χ1v) is 6.99. The molecule has 21 heavy (non-hydrogen) atoms. The molecular weight excluding hydrogens is 281 g/mol. The highest BCUT2D eigenvalue weighted by atomic mass is 19.4. The molecule has 0 radical (unpaired) electrons. The lowest BCUT2D eigenvalue weighted by Crippen LogP contribution is -2.37. The minimum Gasteiger partial charge on any atom is -0.342 e. The molecule has 3 nitrogen and oxygen atoms in total. The van der Waals surface area contributed by atoms with Gasteiger partial charge in [0.05, 0.1) is 12.1 Å². The zero-order valence-corrected chi connectivity index (χ0v) is 12.0. The largest absolute Gasteiger partial charge is 0.416 e. The van der Waals surface area contributed by atoms with E-state index in [0.717, 1.165) is 38.1 Å². The summed E-state index contributed by atoms with van der Waals surface area (Å²) in [6.07, 6.45) is -2.27. The van der Waals surface area contributed by atoms with Crippen LogP contribution in [0.2, 0.25) is 0 Å². The maximum Gasteiger partial charge on any atom is 0.416 e. The van der Waals surface area contributed by atoms with Gasteiger partial charge in [0.2, 0.25) is 5.91 Å². The van der Waals surface area contributed by atoms with Gasteiger partial charge in [-0.1, -0.05) is 18.2 Å². The topological polar surface area (TPSA) is 23.6 Å². The number of benzene rings is 1. The second-order valence-corrected chi connectivity index (χ2v) is 5.46. The van der Waals surface area contributed by atoms with E-state index in [1.165, 1.54) is 6.07 Å². The maximum absolute atomic E-state index is 12.6. The van der Waals surface area contributed by atoms with E-state index < -0.39 is 11.7 Å². The minimum absolute atomic E-state index is 0.0435. The van der Waals surface area contributed by atoms with Crippen LogP contribution in [0.1, 0.15) is 24.0 Å². The summed E-state index contributed by atoms with van der Waals surface area (Å²) in [4.78, 5) is 15.5. The summed E-state index contributed by atoms with van der Waals surface area (Å²) in [5.74, 6) is 0.0435. The summed E-state index contributed by atoms with van der Waals surface area (Å²) >= 11 is 0. The number of nitrogens with zero attached hydrogens (tertiary/aromatic N) is 2. The number of carbonyl (C=O) groups is 1. The van der Waals surface area contributed by atoms with Crippen LogP contribution >= 0.6 is 0 Å². The Morgan fingerprint density at radius 3 is 2.57 bits per heavy atom. The Balaban J connectivity index is 1.93. The third kappa shape index (κ3) is 4.46. The third-order valence-corrected chi connectivity index (χ3v) is 3.57. The summed E-state index contributed by atoms with van der Waals surface area (Å²) in [5.41, 5.74) is -0.0965. The number of hydrogen-bond donors (Lipinski definition) is 0. The van der Waals surface area contributed by atoms with Gasteiger partial charge in [-0.05, 0) is 31.5 Å². The molecule has 0 spiro atoms. The van der Waals surface area contributed by atoms with Gasteiger partial charge in [-0.15, -0.1) is 0 Å². The van der Waals surface area contributed by atoms with Gasteiger partial charge in [-0.25, -0.2) is 0 Å². The van der Waals surface area contributed by atoms with Gasteiger partial charge < -0.3 is 4.90 Å². The van der Waals surface area contributed by atoms with Crippen LogP contribution < -0.4 is 0 Å². The molecule has 0 atom stereocenters. The number of likely N-dealkylation sites (N-methyl/N-ethyl adjacent to an activating group) is 1. The number of likely N-dealkylation sites (tertiary alicyclic amines) is 1. The number of alkyl halides is 3. The van der Waals surface area contributed by atoms with E-state index >= 15 is 0 Å². The lowest BCUT2D eigenvalue weighted by Gasteiger charge is -2.21. The molecule has 1 amide bonds. The normalized spacial score (nSPS) is 15.8. The van der Waals surface area contributed by atoms with Gasteiger partial charge in [-0.3, -0.25) is 9.69 Å². The number of hydrogen-bond acceptors (Lipinski definition) is 2. The highest BCUT2D eigenvalue weighted by Gasteiger charge is 2.30. The van der Waals surface area contributed by atoms with Crippen molar-refractivity contribution in [3.05, 3.63) is 35.4 Å². The highest BCUT2D eigenvalue weighted by Crippen LogP contribution is 2.29. The van der Waals surface area contributed by atoms with Gasteiger partial charge in [0.25, 0.3) is 0 Å². The molecule has 6 heteroatoms. The molecule has 0 unspecified atom stereocenters. The van der Waals surface area contributed by atoms with Crippen molar-refractivity contribution < 1.29 is 18.0 Å². The van der Waals surface area contributed by atoms with E-state index in [1.807, 2.05) is 4.90 Å². The van der Waals surface area contributed by atoms with Crippen molar-refractivity contribution in [2.24, 2.45) is 0 Å². The first-order valence-electron chi connectivity index (χ1n) is 6.99. The molecule has 1 aromatic carbocycles. The summed E-state index contributed by atoms with van der Waals surface area (Å²) in [7, 11) is 1.74. The van der Waals surface area contributed by atoms with E-state index in [9.17, 15) is 18.0 Å². The second kappa shape index (κ2) is 6.47. The van der Waals surface area contributed by atoms with Crippen LogP contribution in [0, 0.1) is 0 Å². The lowest BCUT2D eigenvalue weighted by molar-refractivity contribution is -0.137. The van der Waals surface area contributed by atoms with Crippen LogP contribution in [0.25, 0.3) is 0 Å². The quantitative estimate of drug-likeness (QED) is 0.853. The Morgan fingerprint density at radius 1 is 1.29 bits per heavy atom. The Labute approximate surface area is 122 Å². The summed E-state index contributed by atoms with van der Waals surface area (Å²) < 4.78 is 37.9. The fourth-order valence-electron chi connectivity index (χ4n) is 2.51. The van der Waals surface area contributed by atoms with Crippen molar-refractivity contribution in [1.82, 2.24) is 9.80 Å². The molecule has 0 aromatic heterocycles. The number of carbonyl (C=O) groups excluding carboxylic acids is 1. The Bertz CT molecular complexity index is 496. The van der Waals surface area contributed by atoms with Crippen molar-refractivity contribution in [3.63, 3.8) is 0 Å². The zero-order valence-electron chi connectivity index (χ0n) is 12.0. The maximum atomic E-state index is 12.6. The van der Waals surface area contributed by atoms with Gasteiger partial charge in [0, 0.05) is 19.6 Å². The monoisotopic (exact) mass is 300 g/mol. The van der Waals surface area contributed by atoms with Crippen LogP contribution in [0.4, 0.5) is 13.2 Å². The van der Waals surface area contributed by atoms with Crippen molar-refractivity contribution in [3.8, 4) is 0 Å². The highest BCUT2D eigenvalue weighted by molar-refractivity contribution is 5.78. The predicted octanol–water partition coefficient (Wildman–Crippen LogP) is 2.76.